The molecule has 2 amide bonds. The van der Waals surface area contributed by atoms with Gasteiger partial charge in [-0.1, -0.05) is 17.7 Å². The standard InChI is InChI=1S/C27H24N4O5/c1-15-4-11-21(12-5-15)31-23-13-10-20(28-17(3)32)14-22(23)24(26(31)34)16(2)29-30-25(33)18-6-8-19(9-7-18)27(35)36/h4-14,34H,1-3H3,(H,28,32)(H,30,33)(H,35,36). The van der Waals surface area contributed by atoms with Crippen molar-refractivity contribution in [2.24, 2.45) is 5.10 Å². The van der Waals surface area contributed by atoms with Crippen molar-refractivity contribution >= 4 is 40.1 Å². The maximum Gasteiger partial charge on any atom is 0.335 e. The van der Waals surface area contributed by atoms with Gasteiger partial charge in [-0.25, -0.2) is 10.2 Å². The number of aromatic hydroxyl groups is 1. The second-order valence-corrected chi connectivity index (χ2v) is 8.30. The van der Waals surface area contributed by atoms with E-state index in [9.17, 15) is 19.5 Å². The number of carboxylic acids is 1. The number of hydrogen-bond acceptors (Lipinski definition) is 5. The normalized spacial score (nSPS) is 11.4. The lowest BCUT2D eigenvalue weighted by Crippen LogP contribution is -2.19. The third-order valence-electron chi connectivity index (χ3n) is 5.64. The van der Waals surface area contributed by atoms with Crippen LogP contribution in [0.25, 0.3) is 16.6 Å². The summed E-state index contributed by atoms with van der Waals surface area (Å²) in [5.41, 5.74) is 6.51. The highest BCUT2D eigenvalue weighted by molar-refractivity contribution is 6.14. The molecule has 0 radical (unpaired) electrons. The van der Waals surface area contributed by atoms with Gasteiger partial charge in [0.2, 0.25) is 11.8 Å². The second-order valence-electron chi connectivity index (χ2n) is 8.30. The summed E-state index contributed by atoms with van der Waals surface area (Å²) in [6, 6.07) is 18.4. The number of fused-ring (bicyclic) bond motifs is 1. The Kier molecular flexibility index (Phi) is 6.56. The first kappa shape index (κ1) is 24.2. The number of nitrogens with one attached hydrogen (secondary N) is 2. The fourth-order valence-electron chi connectivity index (χ4n) is 3.89. The van der Waals surface area contributed by atoms with Gasteiger partial charge in [0.1, 0.15) is 0 Å². The van der Waals surface area contributed by atoms with Crippen LogP contribution < -0.4 is 10.7 Å². The maximum absolute atomic E-state index is 12.6. The van der Waals surface area contributed by atoms with Gasteiger partial charge in [0.05, 0.1) is 22.4 Å². The van der Waals surface area contributed by atoms with E-state index in [1.54, 1.807) is 29.7 Å². The van der Waals surface area contributed by atoms with Crippen LogP contribution in [0.3, 0.4) is 0 Å². The molecule has 0 aliphatic rings. The molecule has 3 aromatic carbocycles. The first-order valence-corrected chi connectivity index (χ1v) is 11.1. The zero-order valence-corrected chi connectivity index (χ0v) is 19.9. The van der Waals surface area contributed by atoms with Crippen molar-refractivity contribution < 1.29 is 24.6 Å². The topological polar surface area (TPSA) is 133 Å². The van der Waals surface area contributed by atoms with Crippen LogP contribution in [-0.2, 0) is 4.79 Å². The lowest BCUT2D eigenvalue weighted by Gasteiger charge is -2.08. The Bertz CT molecular complexity index is 1520. The number of nitrogens with zero attached hydrogens (tertiary/aromatic N) is 2. The predicted molar refractivity (Wildman–Crippen MR) is 137 cm³/mol. The number of hydrogen-bond donors (Lipinski definition) is 4. The minimum Gasteiger partial charge on any atom is -0.494 e. The van der Waals surface area contributed by atoms with Gasteiger partial charge in [-0.2, -0.15) is 5.10 Å². The summed E-state index contributed by atoms with van der Waals surface area (Å²) in [4.78, 5) is 35.2. The van der Waals surface area contributed by atoms with E-state index in [2.05, 4.69) is 15.8 Å². The Morgan fingerprint density at radius 1 is 0.889 bits per heavy atom. The largest absolute Gasteiger partial charge is 0.494 e. The van der Waals surface area contributed by atoms with Gasteiger partial charge in [-0.05, 0) is 68.4 Å². The number of aryl methyl sites for hydroxylation is 1. The number of benzene rings is 3. The fourth-order valence-corrected chi connectivity index (χ4v) is 3.89. The average molecular weight is 485 g/mol. The summed E-state index contributed by atoms with van der Waals surface area (Å²) in [7, 11) is 0. The summed E-state index contributed by atoms with van der Waals surface area (Å²) in [6.07, 6.45) is 0. The molecule has 0 bridgehead atoms. The molecule has 4 rings (SSSR count). The maximum atomic E-state index is 12.6. The van der Waals surface area contributed by atoms with E-state index in [0.29, 0.717) is 27.9 Å². The highest BCUT2D eigenvalue weighted by Gasteiger charge is 2.21. The second kappa shape index (κ2) is 9.75. The zero-order valence-electron chi connectivity index (χ0n) is 19.9. The molecule has 9 heteroatoms. The smallest absolute Gasteiger partial charge is 0.335 e. The third kappa shape index (κ3) is 4.80. The quantitative estimate of drug-likeness (QED) is 0.237. The van der Waals surface area contributed by atoms with Crippen LogP contribution in [0.15, 0.2) is 71.8 Å². The van der Waals surface area contributed by atoms with E-state index in [0.717, 1.165) is 11.3 Å². The third-order valence-corrected chi connectivity index (χ3v) is 5.64. The molecule has 0 aliphatic carbocycles. The van der Waals surface area contributed by atoms with E-state index in [-0.39, 0.29) is 22.9 Å². The Morgan fingerprint density at radius 3 is 2.14 bits per heavy atom. The fraction of sp³-hybridized carbons (Fsp3) is 0.111. The van der Waals surface area contributed by atoms with Crippen molar-refractivity contribution in [3.63, 3.8) is 0 Å². The molecular formula is C27H24N4O5. The molecule has 182 valence electrons. The molecule has 0 unspecified atom stereocenters. The van der Waals surface area contributed by atoms with Crippen molar-refractivity contribution in [1.82, 2.24) is 9.99 Å². The van der Waals surface area contributed by atoms with Crippen LogP contribution in [0, 0.1) is 6.92 Å². The van der Waals surface area contributed by atoms with Gasteiger partial charge in [0.15, 0.2) is 0 Å². The molecule has 1 aromatic heterocycles. The number of carbonyl (C=O) groups excluding carboxylic acids is 2. The molecular weight excluding hydrogens is 460 g/mol. The van der Waals surface area contributed by atoms with Crippen LogP contribution >= 0.6 is 0 Å². The Hall–Kier alpha value is -4.92. The SMILES string of the molecule is CC(=O)Nc1ccc2c(c1)c(C(C)=NNC(=O)c1ccc(C(=O)O)cc1)c(O)n2-c1ccc(C)cc1. The summed E-state index contributed by atoms with van der Waals surface area (Å²) < 4.78 is 1.67. The van der Waals surface area contributed by atoms with Crippen LogP contribution in [-0.4, -0.2) is 38.3 Å². The monoisotopic (exact) mass is 484 g/mol. The molecule has 0 saturated carbocycles. The van der Waals surface area contributed by atoms with Gasteiger partial charge >= 0.3 is 5.97 Å². The van der Waals surface area contributed by atoms with Crippen molar-refractivity contribution in [2.45, 2.75) is 20.8 Å². The van der Waals surface area contributed by atoms with E-state index >= 15 is 0 Å². The number of carbonyl (C=O) groups is 3. The molecule has 0 aliphatic heterocycles. The minimum absolute atomic E-state index is 0.0649. The lowest BCUT2D eigenvalue weighted by atomic mass is 10.1. The summed E-state index contributed by atoms with van der Waals surface area (Å²) in [6.45, 7) is 5.02. The van der Waals surface area contributed by atoms with Crippen LogP contribution in [0.1, 0.15) is 45.7 Å². The number of carboxylic acid groups (broad SMARTS) is 1. The van der Waals surface area contributed by atoms with Crippen molar-refractivity contribution in [3.8, 4) is 11.6 Å². The number of anilines is 1. The summed E-state index contributed by atoms with van der Waals surface area (Å²) in [5.74, 6) is -1.93. The first-order valence-electron chi connectivity index (χ1n) is 11.1. The van der Waals surface area contributed by atoms with Crippen molar-refractivity contribution in [2.75, 3.05) is 5.32 Å². The molecule has 4 N–H and O–H groups in total. The number of rotatable bonds is 6. The summed E-state index contributed by atoms with van der Waals surface area (Å²) in [5, 5.41) is 27.9. The minimum atomic E-state index is -1.09. The van der Waals surface area contributed by atoms with E-state index in [1.165, 1.54) is 31.2 Å². The first-order chi connectivity index (χ1) is 17.2. The van der Waals surface area contributed by atoms with Gasteiger partial charge in [0, 0.05) is 29.2 Å². The van der Waals surface area contributed by atoms with Crippen LogP contribution in [0.2, 0.25) is 0 Å². The van der Waals surface area contributed by atoms with Crippen LogP contribution in [0.5, 0.6) is 5.88 Å². The zero-order chi connectivity index (χ0) is 26.0. The van der Waals surface area contributed by atoms with E-state index < -0.39 is 11.9 Å². The van der Waals surface area contributed by atoms with Gasteiger partial charge in [-0.3, -0.25) is 14.2 Å². The number of hydrazone groups is 1. The lowest BCUT2D eigenvalue weighted by molar-refractivity contribution is -0.114. The number of amides is 2. The van der Waals surface area contributed by atoms with Crippen LogP contribution in [0.4, 0.5) is 5.69 Å². The van der Waals surface area contributed by atoms with Crippen molar-refractivity contribution in [1.29, 1.82) is 0 Å². The molecule has 0 saturated heterocycles. The van der Waals surface area contributed by atoms with Gasteiger partial charge in [-0.15, -0.1) is 0 Å². The molecule has 9 nitrogen and oxygen atoms in total. The number of aromatic nitrogens is 1. The molecule has 4 aromatic rings. The Labute approximate surface area is 206 Å². The molecule has 1 heterocycles. The Balaban J connectivity index is 1.76. The predicted octanol–water partition coefficient (Wildman–Crippen LogP) is 4.46. The highest BCUT2D eigenvalue weighted by atomic mass is 16.4. The number of aromatic carboxylic acids is 1. The Morgan fingerprint density at radius 2 is 1.53 bits per heavy atom. The van der Waals surface area contributed by atoms with E-state index in [4.69, 9.17) is 5.11 Å². The summed E-state index contributed by atoms with van der Waals surface area (Å²) >= 11 is 0. The highest BCUT2D eigenvalue weighted by Crippen LogP contribution is 2.36. The van der Waals surface area contributed by atoms with E-state index in [1.807, 2.05) is 31.2 Å². The van der Waals surface area contributed by atoms with Crippen molar-refractivity contribution in [3.05, 3.63) is 89.0 Å². The molecule has 0 fully saturated rings. The van der Waals surface area contributed by atoms with Gasteiger partial charge in [0.25, 0.3) is 5.91 Å². The van der Waals surface area contributed by atoms with Gasteiger partial charge < -0.3 is 15.5 Å². The average Bonchev–Trinajstić information content (AvgIpc) is 3.13. The molecule has 36 heavy (non-hydrogen) atoms. The molecule has 0 atom stereocenters. The molecule has 0 spiro atoms.